The average molecular weight is 1710 g/mol. The smallest absolute Gasteiger partial charge is 0.335 e. The first-order valence-corrected chi connectivity index (χ1v) is 42.1. The van der Waals surface area contributed by atoms with Gasteiger partial charge in [-0.15, -0.1) is 0 Å². The summed E-state index contributed by atoms with van der Waals surface area (Å²) < 4.78 is 106. The van der Waals surface area contributed by atoms with Gasteiger partial charge in [0, 0.05) is 5.92 Å². The third-order valence-electron chi connectivity index (χ3n) is 30.1. The molecule has 8 aliphatic heterocycles. The van der Waals surface area contributed by atoms with Crippen molar-refractivity contribution < 1.29 is 187 Å². The number of hydrogen-bond donors (Lipinski definition) is 19. The van der Waals surface area contributed by atoms with Crippen molar-refractivity contribution in [3.8, 4) is 0 Å². The lowest BCUT2D eigenvalue weighted by molar-refractivity contribution is -0.392. The maximum Gasteiger partial charge on any atom is 0.335 e. The Bertz CT molecular complexity index is 3520. The number of ether oxygens (including phenoxy) is 17. The molecule has 19 N–H and O–H groups in total. The summed E-state index contributed by atoms with van der Waals surface area (Å²) in [5.41, 5.74) is -4.75. The molecular formula is C81H130O38. The molecular weight excluding hydrogens is 1580 g/mol. The van der Waals surface area contributed by atoms with Gasteiger partial charge in [0.1, 0.15) is 134 Å². The van der Waals surface area contributed by atoms with E-state index in [0.717, 1.165) is 5.57 Å². The Kier molecular flexibility index (Phi) is 27.9. The second-order valence-corrected chi connectivity index (χ2v) is 38.2. The van der Waals surface area contributed by atoms with Crippen molar-refractivity contribution in [3.63, 3.8) is 0 Å². The molecule has 45 atom stereocenters. The Morgan fingerprint density at radius 1 is 0.513 bits per heavy atom. The molecule has 0 amide bonds. The van der Waals surface area contributed by atoms with E-state index in [0.29, 0.717) is 70.6 Å². The van der Waals surface area contributed by atoms with Gasteiger partial charge in [0.2, 0.25) is 6.29 Å². The number of rotatable bonds is 23. The SMILES string of the molecule is C=C(O[C@@H]1C(C)O[C@@H](OC(=O)[C@]23CCC(C)(C)CC2C2=CCC4[C@@]5(C)CC[C@H](O[C@@H]6OC(C(=O)O)[C@H](O)[C@H](O[C@@H]7OC[C@@H](O)[C@H](O)C7O)C6O[C@@H]6OC(CO)[C@H](O)[C@H](O)C6O)C(C)(C)C5CC[C@@]4(C)[C@]2(C)CC3)[C@H](O[C@@H]2OC(C)[C@H](OC3OCC(O)[C@H](O[C@@H]4OC[C@](O)(CO)C4O)[C@@H]3O)[C@H](O)C2O)C1O[C@@H]1OC(C)[C@@H](O)[C@H](O)C1O)[C@@H](C)CC. The van der Waals surface area contributed by atoms with Crippen molar-refractivity contribution in [2.45, 2.75) is 381 Å². The topological polar surface area (TPSA) is 575 Å². The molecule has 13 rings (SSSR count). The largest absolute Gasteiger partial charge is 0.490 e. The summed E-state index contributed by atoms with van der Waals surface area (Å²) in [7, 11) is 0. The Balaban J connectivity index is 0.784. The quantitative estimate of drug-likeness (QED) is 0.0209. The summed E-state index contributed by atoms with van der Waals surface area (Å²) in [6, 6.07) is 0. The van der Waals surface area contributed by atoms with Crippen LogP contribution in [0.15, 0.2) is 24.0 Å². The maximum absolute atomic E-state index is 16.5. The minimum absolute atomic E-state index is 0.00396. The van der Waals surface area contributed by atoms with E-state index in [1.807, 2.05) is 13.8 Å². The zero-order valence-corrected chi connectivity index (χ0v) is 69.4. The number of esters is 1. The van der Waals surface area contributed by atoms with Crippen LogP contribution < -0.4 is 0 Å². The predicted octanol–water partition coefficient (Wildman–Crippen LogP) is -3.06. The van der Waals surface area contributed by atoms with E-state index >= 15 is 4.79 Å². The fraction of sp³-hybridized carbons (Fsp3) is 0.926. The highest BCUT2D eigenvalue weighted by molar-refractivity contribution is 5.79. The van der Waals surface area contributed by atoms with E-state index in [1.54, 1.807) is 6.92 Å². The molecule has 4 saturated carbocycles. The van der Waals surface area contributed by atoms with Crippen LogP contribution in [0.4, 0.5) is 0 Å². The third kappa shape index (κ3) is 16.8. The van der Waals surface area contributed by atoms with E-state index in [2.05, 4.69) is 61.1 Å². The molecule has 0 bridgehead atoms. The van der Waals surface area contributed by atoms with E-state index in [-0.39, 0.29) is 28.9 Å². The van der Waals surface area contributed by atoms with E-state index < -0.39 is 305 Å². The molecule has 0 aromatic carbocycles. The summed E-state index contributed by atoms with van der Waals surface area (Å²) in [6.07, 6.45) is -53.6. The highest BCUT2D eigenvalue weighted by Crippen LogP contribution is 2.76. The first-order valence-electron chi connectivity index (χ1n) is 42.1. The minimum Gasteiger partial charge on any atom is -0.490 e. The third-order valence-corrected chi connectivity index (χ3v) is 30.1. The fourth-order valence-corrected chi connectivity index (χ4v) is 22.1. The number of carbonyl (C=O) groups is 2. The first-order chi connectivity index (χ1) is 55.8. The average Bonchev–Trinajstić information content (AvgIpc) is 0.896. The van der Waals surface area contributed by atoms with Crippen LogP contribution in [0.5, 0.6) is 0 Å². The fourth-order valence-electron chi connectivity index (χ4n) is 22.1. The molecule has 0 aromatic rings. The van der Waals surface area contributed by atoms with Gasteiger partial charge in [-0.1, -0.05) is 80.5 Å². The summed E-state index contributed by atoms with van der Waals surface area (Å²) in [5.74, 6) is -2.86. The van der Waals surface area contributed by atoms with Gasteiger partial charge in [0.15, 0.2) is 62.3 Å². The van der Waals surface area contributed by atoms with Gasteiger partial charge in [-0.3, -0.25) is 4.79 Å². The van der Waals surface area contributed by atoms with Crippen molar-refractivity contribution in [1.82, 2.24) is 0 Å². The van der Waals surface area contributed by atoms with Crippen LogP contribution in [0.25, 0.3) is 0 Å². The number of carboxylic acids is 1. The minimum atomic E-state index is -2.16. The van der Waals surface area contributed by atoms with Crippen LogP contribution in [0.3, 0.4) is 0 Å². The molecule has 0 radical (unpaired) electrons. The molecule has 0 aromatic heterocycles. The molecule has 8 heterocycles. The van der Waals surface area contributed by atoms with E-state index in [1.165, 1.54) is 13.8 Å². The monoisotopic (exact) mass is 1710 g/mol. The van der Waals surface area contributed by atoms with Crippen molar-refractivity contribution in [2.75, 3.05) is 33.0 Å². The molecule has 5 aliphatic carbocycles. The lowest BCUT2D eigenvalue weighted by atomic mass is 9.33. The maximum atomic E-state index is 16.5. The van der Waals surface area contributed by atoms with Crippen molar-refractivity contribution in [3.05, 3.63) is 24.0 Å². The molecule has 682 valence electrons. The standard InChI is InChI=1S/C81H130O38/c1-14-31(2)32(3)106-57-35(6)109-71(63(61(57)116-68-51(93)47(89)44(86)33(4)107-68)118-69-53(95)49(91)56(34(5)108-69)112-67-55(97)58(39(85)28-104-67)113-73-64(98)81(102,29-83)30-105-73)119-74(101)80-23-21-75(7,8)25-37(80)36-15-16-42-77(11)19-18-43(76(9,10)41(77)17-20-79(42,13)78(36,12)22-24-80)111-72-62(117-70-52(94)48(90)46(88)40(26-82)110-70)59(54(96)60(115-72)65(99)100)114-66-50(92)45(87)38(84)27-103-66/h15,31,33-35,37-64,66-73,82-98,102H,3,14,16-30H2,1-2,4-13H3,(H,99,100)/t31-,33?,34?,35?,37?,38+,39?,40?,41?,42?,43-,44+,45-,46-,47-,48-,49+,50?,51?,52?,53?,54+,55-,56-,57+,58-,59-,60?,61?,62?,63+,64?,66-,67?,68-,69-,70-,71-,72+,73-,77-,78+,79+,80-,81+/m0/s1. The van der Waals surface area contributed by atoms with Crippen LogP contribution in [-0.4, -0.2) is 369 Å². The second kappa shape index (κ2) is 35.5. The summed E-state index contributed by atoms with van der Waals surface area (Å²) >= 11 is 0. The van der Waals surface area contributed by atoms with Gasteiger partial charge in [0.25, 0.3) is 0 Å². The van der Waals surface area contributed by atoms with Crippen molar-refractivity contribution >= 4 is 11.9 Å². The van der Waals surface area contributed by atoms with Gasteiger partial charge in [0.05, 0.1) is 68.6 Å². The Labute approximate surface area is 690 Å². The molecule has 119 heavy (non-hydrogen) atoms. The number of carboxylic acid groups (broad SMARTS) is 1. The molecule has 12 fully saturated rings. The molecule has 17 unspecified atom stereocenters. The zero-order chi connectivity index (χ0) is 86.9. The number of carbonyl (C=O) groups excluding carboxylic acids is 1. The summed E-state index contributed by atoms with van der Waals surface area (Å²) in [6.45, 7) is 24.5. The molecule has 13 aliphatic rings. The van der Waals surface area contributed by atoms with Crippen molar-refractivity contribution in [2.24, 2.45) is 56.2 Å². The summed E-state index contributed by atoms with van der Waals surface area (Å²) in [4.78, 5) is 29.6. The normalized spacial score (nSPS) is 52.6. The Hall–Kier alpha value is -3.10. The van der Waals surface area contributed by atoms with Gasteiger partial charge in [-0.05, 0) is 136 Å². The van der Waals surface area contributed by atoms with Gasteiger partial charge >= 0.3 is 11.9 Å². The van der Waals surface area contributed by atoms with Crippen LogP contribution in [-0.2, 0) is 90.1 Å². The van der Waals surface area contributed by atoms with E-state index in [4.69, 9.17) is 80.5 Å². The number of fused-ring (bicyclic) bond motifs is 7. The van der Waals surface area contributed by atoms with Crippen LogP contribution in [0.2, 0.25) is 0 Å². The lowest BCUT2D eigenvalue weighted by Gasteiger charge is -2.71. The highest BCUT2D eigenvalue weighted by Gasteiger charge is 2.72. The number of allylic oxidation sites excluding steroid dienone is 3. The Morgan fingerprint density at radius 3 is 1.71 bits per heavy atom. The number of aliphatic hydroxyl groups excluding tert-OH is 17. The van der Waals surface area contributed by atoms with Gasteiger partial charge < -0.3 is 178 Å². The highest BCUT2D eigenvalue weighted by atomic mass is 16.8. The number of aliphatic carboxylic acids is 1. The predicted molar refractivity (Wildman–Crippen MR) is 399 cm³/mol. The van der Waals surface area contributed by atoms with Gasteiger partial charge in [-0.2, -0.15) is 0 Å². The second-order valence-electron chi connectivity index (χ2n) is 38.2. The number of hydrogen-bond acceptors (Lipinski definition) is 37. The zero-order valence-electron chi connectivity index (χ0n) is 69.4. The Morgan fingerprint density at radius 2 is 1.07 bits per heavy atom. The van der Waals surface area contributed by atoms with Crippen LogP contribution in [0.1, 0.15) is 154 Å². The van der Waals surface area contributed by atoms with Gasteiger partial charge in [-0.25, -0.2) is 4.79 Å². The van der Waals surface area contributed by atoms with Crippen molar-refractivity contribution in [1.29, 1.82) is 0 Å². The summed E-state index contributed by atoms with van der Waals surface area (Å²) in [5, 5.41) is 210. The lowest BCUT2D eigenvalue weighted by Crippen LogP contribution is -2.68. The first kappa shape index (κ1) is 93.5. The van der Waals surface area contributed by atoms with E-state index in [9.17, 15) is 102 Å². The molecule has 0 spiro atoms. The molecule has 38 nitrogen and oxygen atoms in total. The van der Waals surface area contributed by atoms with Crippen LogP contribution >= 0.6 is 0 Å². The molecule has 38 heteroatoms. The molecule has 8 saturated heterocycles. The number of aliphatic hydroxyl groups is 18. The van der Waals surface area contributed by atoms with Crippen LogP contribution in [0, 0.1) is 56.2 Å².